The SMILES string of the molecule is CCNC(=NCC(C)Oc1ccc(F)cc1)NC1CCN(c2ccccn2)CC1. The number of ether oxygens (including phenoxy) is 1. The van der Waals surface area contributed by atoms with Crippen LogP contribution in [0.5, 0.6) is 5.75 Å². The first-order valence-electron chi connectivity index (χ1n) is 10.3. The van der Waals surface area contributed by atoms with Crippen molar-refractivity contribution in [3.63, 3.8) is 0 Å². The lowest BCUT2D eigenvalue weighted by Gasteiger charge is -2.33. The van der Waals surface area contributed by atoms with Gasteiger partial charge in [0, 0.05) is 31.9 Å². The van der Waals surface area contributed by atoms with Crippen molar-refractivity contribution in [1.29, 1.82) is 0 Å². The monoisotopic (exact) mass is 399 g/mol. The Bertz CT molecular complexity index is 761. The number of halogens is 1. The summed E-state index contributed by atoms with van der Waals surface area (Å²) in [6.45, 7) is 7.27. The largest absolute Gasteiger partial charge is 0.489 e. The normalized spacial score (nSPS) is 16.4. The number of nitrogens with zero attached hydrogens (tertiary/aromatic N) is 3. The summed E-state index contributed by atoms with van der Waals surface area (Å²) in [5, 5.41) is 6.85. The number of anilines is 1. The Balaban J connectivity index is 1.48. The molecule has 0 radical (unpaired) electrons. The maximum absolute atomic E-state index is 13.0. The number of rotatable bonds is 7. The molecule has 1 aliphatic heterocycles. The van der Waals surface area contributed by atoms with E-state index in [1.165, 1.54) is 12.1 Å². The van der Waals surface area contributed by atoms with E-state index in [-0.39, 0.29) is 11.9 Å². The zero-order valence-corrected chi connectivity index (χ0v) is 17.1. The fourth-order valence-electron chi connectivity index (χ4n) is 3.31. The van der Waals surface area contributed by atoms with Crippen LogP contribution >= 0.6 is 0 Å². The lowest BCUT2D eigenvalue weighted by atomic mass is 10.1. The first-order chi connectivity index (χ1) is 14.1. The van der Waals surface area contributed by atoms with E-state index in [4.69, 9.17) is 4.74 Å². The molecule has 1 fully saturated rings. The molecule has 1 aliphatic rings. The van der Waals surface area contributed by atoms with Crippen LogP contribution in [0.3, 0.4) is 0 Å². The lowest BCUT2D eigenvalue weighted by Crippen LogP contribution is -2.49. The van der Waals surface area contributed by atoms with Crippen LogP contribution in [0.2, 0.25) is 0 Å². The molecular formula is C22H30FN5O. The van der Waals surface area contributed by atoms with Crippen LogP contribution in [0.15, 0.2) is 53.7 Å². The quantitative estimate of drug-likeness (QED) is 0.553. The van der Waals surface area contributed by atoms with Gasteiger partial charge in [-0.2, -0.15) is 0 Å². The summed E-state index contributed by atoms with van der Waals surface area (Å²) in [7, 11) is 0. The molecule has 0 aliphatic carbocycles. The van der Waals surface area contributed by atoms with Crippen LogP contribution < -0.4 is 20.3 Å². The van der Waals surface area contributed by atoms with E-state index in [0.29, 0.717) is 18.3 Å². The van der Waals surface area contributed by atoms with E-state index < -0.39 is 0 Å². The summed E-state index contributed by atoms with van der Waals surface area (Å²) in [6, 6.07) is 12.5. The van der Waals surface area contributed by atoms with Gasteiger partial charge in [-0.05, 0) is 63.1 Å². The fourth-order valence-corrected chi connectivity index (χ4v) is 3.31. The average molecular weight is 400 g/mol. The highest BCUT2D eigenvalue weighted by Gasteiger charge is 2.20. The number of hydrogen-bond donors (Lipinski definition) is 2. The van der Waals surface area contributed by atoms with Crippen LogP contribution in [-0.2, 0) is 0 Å². The van der Waals surface area contributed by atoms with Gasteiger partial charge in [0.2, 0.25) is 0 Å². The van der Waals surface area contributed by atoms with E-state index in [9.17, 15) is 4.39 Å². The maximum atomic E-state index is 13.0. The average Bonchev–Trinajstić information content (AvgIpc) is 2.75. The summed E-state index contributed by atoms with van der Waals surface area (Å²) in [4.78, 5) is 11.4. The fraction of sp³-hybridized carbons (Fsp3) is 0.455. The molecule has 1 aromatic heterocycles. The molecule has 1 unspecified atom stereocenters. The summed E-state index contributed by atoms with van der Waals surface area (Å²) >= 11 is 0. The molecular weight excluding hydrogens is 369 g/mol. The second kappa shape index (κ2) is 10.6. The molecule has 1 atom stereocenters. The van der Waals surface area contributed by atoms with Crippen LogP contribution in [0.4, 0.5) is 10.2 Å². The molecule has 7 heteroatoms. The van der Waals surface area contributed by atoms with Gasteiger partial charge in [0.05, 0.1) is 6.54 Å². The predicted molar refractivity (Wildman–Crippen MR) is 115 cm³/mol. The highest BCUT2D eigenvalue weighted by atomic mass is 19.1. The van der Waals surface area contributed by atoms with Crippen LogP contribution in [0, 0.1) is 5.82 Å². The van der Waals surface area contributed by atoms with E-state index >= 15 is 0 Å². The standard InChI is InChI=1S/C22H30FN5O/c1-3-24-22(26-16-17(2)29-20-9-7-18(23)8-10-20)27-19-11-14-28(15-12-19)21-6-4-5-13-25-21/h4-10,13,17,19H,3,11-12,14-16H2,1-2H3,(H2,24,26,27). The maximum Gasteiger partial charge on any atom is 0.191 e. The number of guanidine groups is 1. The van der Waals surface area contributed by atoms with Crippen LogP contribution in [-0.4, -0.2) is 49.3 Å². The third-order valence-electron chi connectivity index (χ3n) is 4.81. The van der Waals surface area contributed by atoms with Gasteiger partial charge >= 0.3 is 0 Å². The second-order valence-electron chi connectivity index (χ2n) is 7.20. The van der Waals surface area contributed by atoms with Gasteiger partial charge in [-0.15, -0.1) is 0 Å². The van der Waals surface area contributed by atoms with Gasteiger partial charge in [-0.25, -0.2) is 14.4 Å². The first kappa shape index (κ1) is 20.9. The summed E-state index contributed by atoms with van der Waals surface area (Å²) < 4.78 is 18.8. The van der Waals surface area contributed by atoms with Crippen molar-refractivity contribution in [2.45, 2.75) is 38.8 Å². The first-order valence-corrected chi connectivity index (χ1v) is 10.3. The minimum atomic E-state index is -0.268. The van der Waals surface area contributed by atoms with Crippen molar-refractivity contribution in [3.05, 3.63) is 54.5 Å². The molecule has 29 heavy (non-hydrogen) atoms. The van der Waals surface area contributed by atoms with E-state index in [1.807, 2.05) is 25.3 Å². The molecule has 0 bridgehead atoms. The van der Waals surface area contributed by atoms with E-state index in [0.717, 1.165) is 44.3 Å². The van der Waals surface area contributed by atoms with Crippen LogP contribution in [0.1, 0.15) is 26.7 Å². The number of nitrogens with one attached hydrogen (secondary N) is 2. The Morgan fingerprint density at radius 1 is 1.24 bits per heavy atom. The second-order valence-corrected chi connectivity index (χ2v) is 7.20. The summed E-state index contributed by atoms with van der Waals surface area (Å²) in [5.41, 5.74) is 0. The molecule has 6 nitrogen and oxygen atoms in total. The zero-order chi connectivity index (χ0) is 20.5. The molecule has 2 heterocycles. The molecule has 1 saturated heterocycles. The molecule has 0 spiro atoms. The molecule has 1 aromatic carbocycles. The smallest absolute Gasteiger partial charge is 0.191 e. The van der Waals surface area contributed by atoms with E-state index in [2.05, 4.69) is 38.5 Å². The lowest BCUT2D eigenvalue weighted by molar-refractivity contribution is 0.230. The van der Waals surface area contributed by atoms with Gasteiger partial charge in [-0.3, -0.25) is 0 Å². The Morgan fingerprint density at radius 3 is 2.66 bits per heavy atom. The van der Waals surface area contributed by atoms with Crippen molar-refractivity contribution >= 4 is 11.8 Å². The Morgan fingerprint density at radius 2 is 2.00 bits per heavy atom. The van der Waals surface area contributed by atoms with Gasteiger partial charge in [0.25, 0.3) is 0 Å². The van der Waals surface area contributed by atoms with Crippen molar-refractivity contribution < 1.29 is 9.13 Å². The minimum Gasteiger partial charge on any atom is -0.489 e. The van der Waals surface area contributed by atoms with Crippen molar-refractivity contribution in [2.24, 2.45) is 4.99 Å². The Labute approximate surface area is 172 Å². The molecule has 3 rings (SSSR count). The third-order valence-corrected chi connectivity index (χ3v) is 4.81. The number of aromatic nitrogens is 1. The van der Waals surface area contributed by atoms with Gasteiger partial charge in [0.1, 0.15) is 23.5 Å². The Kier molecular flexibility index (Phi) is 7.67. The predicted octanol–water partition coefficient (Wildman–Crippen LogP) is 3.21. The third kappa shape index (κ3) is 6.62. The molecule has 0 amide bonds. The van der Waals surface area contributed by atoms with Gasteiger partial charge in [0.15, 0.2) is 5.96 Å². The number of piperidine rings is 1. The number of hydrogen-bond acceptors (Lipinski definition) is 4. The molecule has 0 saturated carbocycles. The van der Waals surface area contributed by atoms with E-state index in [1.54, 1.807) is 12.1 Å². The number of benzene rings is 1. The summed E-state index contributed by atoms with van der Waals surface area (Å²) in [5.74, 6) is 2.22. The highest BCUT2D eigenvalue weighted by molar-refractivity contribution is 5.80. The Hall–Kier alpha value is -2.83. The van der Waals surface area contributed by atoms with Crippen molar-refractivity contribution in [1.82, 2.24) is 15.6 Å². The minimum absolute atomic E-state index is 0.109. The van der Waals surface area contributed by atoms with Gasteiger partial charge < -0.3 is 20.3 Å². The molecule has 2 N–H and O–H groups in total. The topological polar surface area (TPSA) is 61.8 Å². The number of pyridine rings is 1. The van der Waals surface area contributed by atoms with Crippen LogP contribution in [0.25, 0.3) is 0 Å². The van der Waals surface area contributed by atoms with Gasteiger partial charge in [-0.1, -0.05) is 6.07 Å². The number of aliphatic imine (C=N–C) groups is 1. The molecule has 2 aromatic rings. The molecule has 156 valence electrons. The zero-order valence-electron chi connectivity index (χ0n) is 17.1. The van der Waals surface area contributed by atoms with Crippen molar-refractivity contribution in [2.75, 3.05) is 31.1 Å². The van der Waals surface area contributed by atoms with Crippen molar-refractivity contribution in [3.8, 4) is 5.75 Å². The summed E-state index contributed by atoms with van der Waals surface area (Å²) in [6.07, 6.45) is 3.79. The highest BCUT2D eigenvalue weighted by Crippen LogP contribution is 2.17.